The van der Waals surface area contributed by atoms with Gasteiger partial charge in [-0.05, 0) is 18.7 Å². The molecular weight excluding hydrogens is 258 g/mol. The molecule has 0 amide bonds. The fourth-order valence-electron chi connectivity index (χ4n) is 1.81. The van der Waals surface area contributed by atoms with Gasteiger partial charge in [0.2, 0.25) is 0 Å². The van der Waals surface area contributed by atoms with E-state index in [9.17, 15) is 5.11 Å². The van der Waals surface area contributed by atoms with E-state index in [4.69, 9.17) is 0 Å². The third kappa shape index (κ3) is 3.24. The summed E-state index contributed by atoms with van der Waals surface area (Å²) in [6.45, 7) is 1.93. The maximum absolute atomic E-state index is 9.72. The number of anilines is 1. The number of thioether (sulfide) groups is 1. The van der Waals surface area contributed by atoms with E-state index in [-0.39, 0.29) is 6.61 Å². The number of hydrogen-bond acceptors (Lipinski definition) is 5. The van der Waals surface area contributed by atoms with E-state index in [1.165, 1.54) is 6.33 Å². The molecule has 1 aromatic heterocycles. The molecule has 100 valence electrons. The van der Waals surface area contributed by atoms with Crippen molar-refractivity contribution >= 4 is 17.6 Å². The Kier molecular flexibility index (Phi) is 4.39. The van der Waals surface area contributed by atoms with Crippen molar-refractivity contribution in [2.24, 2.45) is 0 Å². The summed E-state index contributed by atoms with van der Waals surface area (Å²) in [5.41, 5.74) is 0.451. The second kappa shape index (κ2) is 6.04. The van der Waals surface area contributed by atoms with E-state index < -0.39 is 5.54 Å². The third-order valence-electron chi connectivity index (χ3n) is 2.98. The van der Waals surface area contributed by atoms with Gasteiger partial charge in [-0.25, -0.2) is 9.97 Å². The lowest BCUT2D eigenvalue weighted by Crippen LogP contribution is -2.36. The van der Waals surface area contributed by atoms with Crippen LogP contribution in [0.15, 0.2) is 47.8 Å². The van der Waals surface area contributed by atoms with Crippen molar-refractivity contribution in [1.29, 1.82) is 0 Å². The zero-order valence-electron chi connectivity index (χ0n) is 11.0. The highest BCUT2D eigenvalue weighted by molar-refractivity contribution is 7.98. The number of nitrogens with one attached hydrogen (secondary N) is 1. The first-order valence-electron chi connectivity index (χ1n) is 5.98. The van der Waals surface area contributed by atoms with Gasteiger partial charge in [-0.15, -0.1) is 11.8 Å². The summed E-state index contributed by atoms with van der Waals surface area (Å²) in [5, 5.41) is 13.9. The smallest absolute Gasteiger partial charge is 0.131 e. The fourth-order valence-corrected chi connectivity index (χ4v) is 2.19. The Bertz CT molecular complexity index is 535. The second-order valence-corrected chi connectivity index (χ2v) is 5.25. The number of rotatable bonds is 5. The van der Waals surface area contributed by atoms with E-state index in [0.717, 1.165) is 10.6 Å². The topological polar surface area (TPSA) is 58.0 Å². The molecule has 0 aliphatic rings. The molecule has 0 bridgehead atoms. The van der Waals surface area contributed by atoms with Gasteiger partial charge in [-0.3, -0.25) is 0 Å². The molecule has 5 heteroatoms. The Morgan fingerprint density at radius 1 is 1.26 bits per heavy atom. The molecule has 0 aliphatic carbocycles. The number of hydrogen-bond donors (Lipinski definition) is 2. The molecule has 0 aliphatic heterocycles. The molecule has 0 fully saturated rings. The van der Waals surface area contributed by atoms with Gasteiger partial charge in [-0.2, -0.15) is 0 Å². The monoisotopic (exact) mass is 275 g/mol. The van der Waals surface area contributed by atoms with Crippen LogP contribution in [0.25, 0.3) is 0 Å². The first-order valence-corrected chi connectivity index (χ1v) is 7.21. The first-order chi connectivity index (χ1) is 9.18. The molecule has 1 aromatic carbocycles. The summed E-state index contributed by atoms with van der Waals surface area (Å²) in [6.07, 6.45) is 3.49. The predicted octanol–water partition coefficient (Wildman–Crippen LogP) is 2.52. The van der Waals surface area contributed by atoms with E-state index in [1.54, 1.807) is 11.8 Å². The van der Waals surface area contributed by atoms with Gasteiger partial charge in [-0.1, -0.05) is 30.3 Å². The number of aromatic nitrogens is 2. The van der Waals surface area contributed by atoms with Crippen molar-refractivity contribution in [3.8, 4) is 0 Å². The summed E-state index contributed by atoms with van der Waals surface area (Å²) in [7, 11) is 0. The number of aliphatic hydroxyl groups is 1. The quantitative estimate of drug-likeness (QED) is 0.648. The van der Waals surface area contributed by atoms with Crippen LogP contribution in [0.4, 0.5) is 5.82 Å². The molecule has 2 rings (SSSR count). The van der Waals surface area contributed by atoms with Crippen molar-refractivity contribution in [2.45, 2.75) is 17.5 Å². The molecule has 1 unspecified atom stereocenters. The van der Waals surface area contributed by atoms with Gasteiger partial charge in [0.1, 0.15) is 17.2 Å². The molecule has 0 spiro atoms. The summed E-state index contributed by atoms with van der Waals surface area (Å²) >= 11 is 1.56. The van der Waals surface area contributed by atoms with Crippen LogP contribution in [-0.2, 0) is 5.54 Å². The fraction of sp³-hybridized carbons (Fsp3) is 0.286. The molecule has 0 saturated carbocycles. The van der Waals surface area contributed by atoms with Gasteiger partial charge in [0, 0.05) is 6.07 Å². The van der Waals surface area contributed by atoms with Crippen LogP contribution < -0.4 is 5.32 Å². The number of benzene rings is 1. The number of nitrogens with zero attached hydrogens (tertiary/aromatic N) is 2. The highest BCUT2D eigenvalue weighted by atomic mass is 32.2. The van der Waals surface area contributed by atoms with Crippen molar-refractivity contribution < 1.29 is 5.11 Å². The lowest BCUT2D eigenvalue weighted by molar-refractivity contribution is 0.223. The molecule has 0 saturated heterocycles. The Balaban J connectivity index is 2.27. The Hall–Kier alpha value is -1.59. The summed E-state index contributed by atoms with van der Waals surface area (Å²) in [4.78, 5) is 8.33. The minimum atomic E-state index is -0.564. The van der Waals surface area contributed by atoms with E-state index in [0.29, 0.717) is 5.82 Å². The van der Waals surface area contributed by atoms with Crippen LogP contribution in [0.2, 0.25) is 0 Å². The van der Waals surface area contributed by atoms with Crippen LogP contribution in [0, 0.1) is 0 Å². The maximum Gasteiger partial charge on any atom is 0.131 e. The van der Waals surface area contributed by atoms with Crippen LogP contribution in [0.1, 0.15) is 12.5 Å². The van der Waals surface area contributed by atoms with Crippen molar-refractivity contribution in [3.63, 3.8) is 0 Å². The van der Waals surface area contributed by atoms with Crippen LogP contribution in [-0.4, -0.2) is 27.9 Å². The second-order valence-electron chi connectivity index (χ2n) is 4.43. The molecule has 1 heterocycles. The summed E-state index contributed by atoms with van der Waals surface area (Å²) in [5.74, 6) is 0.708. The Labute approximate surface area is 117 Å². The van der Waals surface area contributed by atoms with Gasteiger partial charge in [0.15, 0.2) is 0 Å². The van der Waals surface area contributed by atoms with Crippen molar-refractivity contribution in [3.05, 3.63) is 48.3 Å². The van der Waals surface area contributed by atoms with Gasteiger partial charge >= 0.3 is 0 Å². The highest BCUT2D eigenvalue weighted by Crippen LogP contribution is 2.25. The molecule has 1 atom stereocenters. The zero-order valence-corrected chi connectivity index (χ0v) is 11.8. The zero-order chi connectivity index (χ0) is 13.7. The van der Waals surface area contributed by atoms with Crippen molar-refractivity contribution in [1.82, 2.24) is 9.97 Å². The normalized spacial score (nSPS) is 13.8. The SMILES string of the molecule is CSc1cc(NC(C)(CO)c2ccccc2)ncn1. The molecule has 4 nitrogen and oxygen atoms in total. The lowest BCUT2D eigenvalue weighted by Gasteiger charge is -2.30. The van der Waals surface area contributed by atoms with Crippen molar-refractivity contribution in [2.75, 3.05) is 18.2 Å². The molecule has 19 heavy (non-hydrogen) atoms. The molecule has 2 N–H and O–H groups in total. The predicted molar refractivity (Wildman–Crippen MR) is 78.3 cm³/mol. The standard InChI is InChI=1S/C14H17N3OS/c1-14(9-18,11-6-4-3-5-7-11)17-12-8-13(19-2)16-10-15-12/h3-8,10,18H,9H2,1-2H3,(H,15,16,17). The first kappa shape index (κ1) is 13.8. The Morgan fingerprint density at radius 2 is 2.00 bits per heavy atom. The average molecular weight is 275 g/mol. The molecular formula is C14H17N3OS. The van der Waals surface area contributed by atoms with Gasteiger partial charge < -0.3 is 10.4 Å². The number of aliphatic hydroxyl groups excluding tert-OH is 1. The van der Waals surface area contributed by atoms with E-state index in [1.807, 2.05) is 49.6 Å². The molecule has 2 aromatic rings. The summed E-state index contributed by atoms with van der Waals surface area (Å²) in [6, 6.07) is 11.7. The largest absolute Gasteiger partial charge is 0.394 e. The average Bonchev–Trinajstić information content (AvgIpc) is 2.48. The minimum absolute atomic E-state index is 0.0182. The minimum Gasteiger partial charge on any atom is -0.394 e. The van der Waals surface area contributed by atoms with E-state index in [2.05, 4.69) is 15.3 Å². The lowest BCUT2D eigenvalue weighted by atomic mass is 9.93. The highest BCUT2D eigenvalue weighted by Gasteiger charge is 2.25. The maximum atomic E-state index is 9.72. The van der Waals surface area contributed by atoms with Crippen LogP contribution in [0.3, 0.4) is 0 Å². The third-order valence-corrected chi connectivity index (χ3v) is 3.62. The van der Waals surface area contributed by atoms with Crippen LogP contribution in [0.5, 0.6) is 0 Å². The van der Waals surface area contributed by atoms with E-state index >= 15 is 0 Å². The van der Waals surface area contributed by atoms with Gasteiger partial charge in [0.05, 0.1) is 12.1 Å². The summed E-state index contributed by atoms with van der Waals surface area (Å²) < 4.78 is 0. The van der Waals surface area contributed by atoms with Crippen LogP contribution >= 0.6 is 11.8 Å². The molecule has 0 radical (unpaired) electrons. The van der Waals surface area contributed by atoms with Gasteiger partial charge in [0.25, 0.3) is 0 Å². The Morgan fingerprint density at radius 3 is 2.63 bits per heavy atom.